The summed E-state index contributed by atoms with van der Waals surface area (Å²) in [5, 5.41) is 3.25. The normalized spacial score (nSPS) is 14.3. The molecule has 1 nitrogen and oxygen atoms in total. The zero-order valence-corrected chi connectivity index (χ0v) is 21.9. The van der Waals surface area contributed by atoms with Crippen LogP contribution in [0, 0.1) is 5.92 Å². The zero-order chi connectivity index (χ0) is 22.1. The van der Waals surface area contributed by atoms with E-state index in [1.165, 1.54) is 73.4 Å². The molecule has 0 atom stereocenters. The lowest BCUT2D eigenvalue weighted by Crippen LogP contribution is -2.45. The number of hydrogen-bond donors (Lipinski definition) is 0. The quantitative estimate of drug-likeness (QED) is 0.230. The van der Waals surface area contributed by atoms with E-state index in [1.54, 1.807) is 10.8 Å². The molecule has 0 amide bonds. The summed E-state index contributed by atoms with van der Waals surface area (Å²) in [6, 6.07) is 5.00. The summed E-state index contributed by atoms with van der Waals surface area (Å²) in [5.41, 5.74) is 4.59. The Bertz CT molecular complexity index is 739. The van der Waals surface area contributed by atoms with Gasteiger partial charge in [0.2, 0.25) is 0 Å². The number of aryl methyl sites for hydroxylation is 2. The molecule has 0 spiro atoms. The Morgan fingerprint density at radius 1 is 0.967 bits per heavy atom. The Balaban J connectivity index is 2.51. The molecule has 0 saturated heterocycles. The van der Waals surface area contributed by atoms with Gasteiger partial charge in [-0.2, -0.15) is 0 Å². The molecule has 2 rings (SSSR count). The molecule has 0 saturated carbocycles. The van der Waals surface area contributed by atoms with Crippen molar-refractivity contribution in [2.24, 2.45) is 5.92 Å². The van der Waals surface area contributed by atoms with E-state index in [4.69, 9.17) is 4.74 Å². The largest absolute Gasteiger partial charge is 0.497 e. The van der Waals surface area contributed by atoms with Gasteiger partial charge < -0.3 is 4.74 Å². The van der Waals surface area contributed by atoms with Gasteiger partial charge in [0.05, 0.1) is 7.11 Å². The van der Waals surface area contributed by atoms with Gasteiger partial charge in [-0.3, -0.25) is 0 Å². The van der Waals surface area contributed by atoms with Crippen LogP contribution in [0.15, 0.2) is 35.1 Å². The third-order valence-corrected chi connectivity index (χ3v) is 10.4. The molecule has 168 valence electrons. The van der Waals surface area contributed by atoms with Gasteiger partial charge >= 0.3 is 0 Å². The Morgan fingerprint density at radius 3 is 2.23 bits per heavy atom. The molecule has 1 aromatic rings. The highest BCUT2D eigenvalue weighted by atomic mass is 28.3. The molecule has 1 aliphatic carbocycles. The minimum atomic E-state index is -1.81. The lowest BCUT2D eigenvalue weighted by molar-refractivity contribution is 0.412. The first kappa shape index (κ1) is 25.0. The first-order valence-electron chi connectivity index (χ1n) is 12.4. The fourth-order valence-corrected chi connectivity index (χ4v) is 8.25. The molecular weight excluding hydrogens is 380 g/mol. The number of ether oxygens (including phenoxy) is 1. The molecule has 0 bridgehead atoms. The van der Waals surface area contributed by atoms with Gasteiger partial charge in [0.1, 0.15) is 13.8 Å². The maximum absolute atomic E-state index is 6.14. The van der Waals surface area contributed by atoms with Crippen LogP contribution in [-0.4, -0.2) is 15.2 Å². The van der Waals surface area contributed by atoms with Crippen LogP contribution in [0.25, 0.3) is 0 Å². The Hall–Kier alpha value is -1.28. The van der Waals surface area contributed by atoms with Crippen molar-refractivity contribution >= 4 is 13.3 Å². The molecule has 0 aliphatic heterocycles. The third kappa shape index (κ3) is 6.36. The van der Waals surface area contributed by atoms with Gasteiger partial charge in [-0.05, 0) is 60.8 Å². The first-order valence-corrected chi connectivity index (χ1v) is 15.4. The van der Waals surface area contributed by atoms with E-state index in [-0.39, 0.29) is 0 Å². The summed E-state index contributed by atoms with van der Waals surface area (Å²) < 4.78 is 6.14. The number of methoxy groups -OCH3 is 1. The number of hydrogen-bond acceptors (Lipinski definition) is 1. The predicted molar refractivity (Wildman–Crippen MR) is 137 cm³/mol. The van der Waals surface area contributed by atoms with Crippen molar-refractivity contribution in [2.45, 2.75) is 105 Å². The van der Waals surface area contributed by atoms with E-state index in [9.17, 15) is 0 Å². The molecule has 0 aromatic heterocycles. The molecule has 0 radical (unpaired) electrons. The van der Waals surface area contributed by atoms with Crippen LogP contribution >= 0.6 is 0 Å². The number of benzene rings is 1. The van der Waals surface area contributed by atoms with Gasteiger partial charge in [0.15, 0.2) is 0 Å². The molecular formula is C28H46OSi. The van der Waals surface area contributed by atoms with Gasteiger partial charge in [-0.25, -0.2) is 0 Å². The Kier molecular flexibility index (Phi) is 9.94. The van der Waals surface area contributed by atoms with Gasteiger partial charge in [0.25, 0.3) is 0 Å². The summed E-state index contributed by atoms with van der Waals surface area (Å²) >= 11 is 0. The van der Waals surface area contributed by atoms with Crippen molar-refractivity contribution in [2.75, 3.05) is 7.11 Å². The predicted octanol–water partition coefficient (Wildman–Crippen LogP) is 7.92. The number of allylic oxidation sites excluding steroid dienone is 4. The Morgan fingerprint density at radius 2 is 1.63 bits per heavy atom. The van der Waals surface area contributed by atoms with E-state index in [0.29, 0.717) is 5.92 Å². The molecule has 1 aliphatic rings. The van der Waals surface area contributed by atoms with Crippen LogP contribution in [0.3, 0.4) is 0 Å². The molecule has 2 heteroatoms. The van der Waals surface area contributed by atoms with E-state index < -0.39 is 8.07 Å². The molecule has 30 heavy (non-hydrogen) atoms. The summed E-state index contributed by atoms with van der Waals surface area (Å²) in [6.07, 6.45) is 17.2. The second kappa shape index (κ2) is 11.9. The second-order valence-electron chi connectivity index (χ2n) is 10.1. The highest BCUT2D eigenvalue weighted by Gasteiger charge is 2.35. The number of unbranched alkanes of at least 4 members (excludes halogenated alkanes) is 4. The van der Waals surface area contributed by atoms with Crippen LogP contribution in [0.2, 0.25) is 13.1 Å². The van der Waals surface area contributed by atoms with E-state index in [0.717, 1.165) is 12.8 Å². The maximum Gasteiger partial charge on any atom is 0.121 e. The monoisotopic (exact) mass is 426 g/mol. The summed E-state index contributed by atoms with van der Waals surface area (Å²) in [6.45, 7) is 14.4. The topological polar surface area (TPSA) is 9.23 Å². The fourth-order valence-electron chi connectivity index (χ4n) is 4.94. The third-order valence-electron chi connectivity index (χ3n) is 6.63. The van der Waals surface area contributed by atoms with Crippen molar-refractivity contribution in [3.05, 3.63) is 46.2 Å². The Labute approximate surface area is 188 Å². The summed E-state index contributed by atoms with van der Waals surface area (Å²) in [7, 11) is 0.0811. The minimum absolute atomic E-state index is 0.703. The van der Waals surface area contributed by atoms with E-state index in [1.807, 2.05) is 7.11 Å². The zero-order valence-electron chi connectivity index (χ0n) is 20.9. The van der Waals surface area contributed by atoms with Crippen LogP contribution in [-0.2, 0) is 12.8 Å². The second-order valence-corrected chi connectivity index (χ2v) is 14.5. The van der Waals surface area contributed by atoms with E-state index in [2.05, 4.69) is 65.1 Å². The summed E-state index contributed by atoms with van der Waals surface area (Å²) in [5.74, 6) is 1.90. The van der Waals surface area contributed by atoms with Crippen molar-refractivity contribution in [1.29, 1.82) is 0 Å². The average Bonchev–Trinajstić information content (AvgIpc) is 3.16. The van der Waals surface area contributed by atoms with Crippen LogP contribution in [0.5, 0.6) is 5.75 Å². The summed E-state index contributed by atoms with van der Waals surface area (Å²) in [4.78, 5) is 0. The SMILES string of the molecule is CCCCCc1cc(CCCCC)c(OC)c([Si](C)(C)C2=C(CC(C)C)C=CC2)c1. The van der Waals surface area contributed by atoms with E-state index >= 15 is 0 Å². The van der Waals surface area contributed by atoms with Crippen molar-refractivity contribution < 1.29 is 4.74 Å². The fraction of sp³-hybridized carbons (Fsp3) is 0.643. The first-order chi connectivity index (χ1) is 14.3. The molecule has 0 fully saturated rings. The van der Waals surface area contributed by atoms with Crippen LogP contribution in [0.1, 0.15) is 90.2 Å². The lowest BCUT2D eigenvalue weighted by Gasteiger charge is -2.30. The molecule has 0 unspecified atom stereocenters. The van der Waals surface area contributed by atoms with Crippen LogP contribution in [0.4, 0.5) is 0 Å². The molecule has 0 heterocycles. The minimum Gasteiger partial charge on any atom is -0.497 e. The maximum atomic E-state index is 6.14. The average molecular weight is 427 g/mol. The van der Waals surface area contributed by atoms with Gasteiger partial charge in [-0.15, -0.1) is 0 Å². The number of rotatable bonds is 13. The van der Waals surface area contributed by atoms with Gasteiger partial charge in [-0.1, -0.05) is 102 Å². The smallest absolute Gasteiger partial charge is 0.121 e. The van der Waals surface area contributed by atoms with Crippen molar-refractivity contribution in [3.8, 4) is 5.75 Å². The van der Waals surface area contributed by atoms with Crippen molar-refractivity contribution in [3.63, 3.8) is 0 Å². The molecule has 0 N–H and O–H groups in total. The highest BCUT2D eigenvalue weighted by molar-refractivity contribution is 6.96. The highest BCUT2D eigenvalue weighted by Crippen LogP contribution is 2.35. The lowest BCUT2D eigenvalue weighted by atomic mass is 10.00. The molecule has 1 aromatic carbocycles. The van der Waals surface area contributed by atoms with Crippen LogP contribution < -0.4 is 9.92 Å². The standard InChI is InChI=1S/C28H46OSi/c1-8-10-12-15-23-20-25(16-13-11-9-2)28(29-5)27(21-23)30(6,7)26-18-14-17-24(26)19-22(3)4/h14,17,20-22H,8-13,15-16,18-19H2,1-7H3. The van der Waals surface area contributed by atoms with Crippen molar-refractivity contribution in [1.82, 2.24) is 0 Å². The van der Waals surface area contributed by atoms with Gasteiger partial charge in [0, 0.05) is 0 Å².